The molecule has 7 atom stereocenters. The average molecular weight is 439 g/mol. The van der Waals surface area contributed by atoms with Gasteiger partial charge in [-0.05, 0) is 85.9 Å². The number of hydrogen-bond acceptors (Lipinski definition) is 3. The van der Waals surface area contributed by atoms with Crippen LogP contribution in [0.3, 0.4) is 0 Å². The van der Waals surface area contributed by atoms with Crippen LogP contribution >= 0.6 is 15.9 Å². The molecule has 0 amide bonds. The molecule has 3 nitrogen and oxygen atoms in total. The summed E-state index contributed by atoms with van der Waals surface area (Å²) in [5.41, 5.74) is 0.674. The van der Waals surface area contributed by atoms with E-state index in [1.807, 2.05) is 0 Å². The van der Waals surface area contributed by atoms with Crippen molar-refractivity contribution in [3.05, 3.63) is 0 Å². The smallest absolute Gasteiger partial charge is 0.316 e. The van der Waals surface area contributed by atoms with E-state index in [1.54, 1.807) is 0 Å². The maximum Gasteiger partial charge on any atom is 0.316 e. The summed E-state index contributed by atoms with van der Waals surface area (Å²) in [6.07, 6.45) is 13.2. The van der Waals surface area contributed by atoms with Crippen LogP contribution in [0, 0.1) is 40.4 Å². The fourth-order valence-corrected chi connectivity index (χ4v) is 8.28. The number of carbonyl (C=O) groups is 2. The fourth-order valence-electron chi connectivity index (χ4n) is 8.11. The van der Waals surface area contributed by atoms with E-state index in [-0.39, 0.29) is 35.0 Å². The lowest BCUT2D eigenvalue weighted by Crippen LogP contribution is -2.53. The molecule has 0 heterocycles. The molecule has 4 aliphatic rings. The van der Waals surface area contributed by atoms with E-state index >= 15 is 0 Å². The lowest BCUT2D eigenvalue weighted by Gasteiger charge is -2.60. The second kappa shape index (κ2) is 7.46. The quantitative estimate of drug-likeness (QED) is 0.427. The summed E-state index contributed by atoms with van der Waals surface area (Å²) >= 11 is 3.10. The highest BCUT2D eigenvalue weighted by Gasteiger charge is 2.60. The van der Waals surface area contributed by atoms with Gasteiger partial charge in [0.15, 0.2) is 5.78 Å². The Morgan fingerprint density at radius 2 is 1.70 bits per heavy atom. The van der Waals surface area contributed by atoms with Crippen LogP contribution in [0.2, 0.25) is 0 Å². The summed E-state index contributed by atoms with van der Waals surface area (Å²) in [6, 6.07) is 0. The summed E-state index contributed by atoms with van der Waals surface area (Å²) in [6.45, 7) is 4.95. The number of ether oxygens (including phenoxy) is 1. The Balaban J connectivity index is 1.49. The lowest BCUT2D eigenvalue weighted by atomic mass is 9.45. The Hall–Kier alpha value is -0.380. The van der Waals surface area contributed by atoms with Gasteiger partial charge in [-0.15, -0.1) is 0 Å². The number of rotatable bonds is 4. The van der Waals surface area contributed by atoms with Crippen LogP contribution in [0.4, 0.5) is 0 Å². The van der Waals surface area contributed by atoms with Gasteiger partial charge in [0, 0.05) is 5.92 Å². The molecule has 4 aliphatic carbocycles. The highest BCUT2D eigenvalue weighted by atomic mass is 79.9. The number of esters is 1. The first-order valence-corrected chi connectivity index (χ1v) is 12.3. The van der Waals surface area contributed by atoms with Gasteiger partial charge in [0.2, 0.25) is 0 Å². The van der Waals surface area contributed by atoms with Crippen LogP contribution in [0.15, 0.2) is 0 Å². The molecular formula is C23H35BrO3. The molecule has 4 rings (SSSR count). The number of carbonyl (C=O) groups excluding carboxylic acids is 2. The summed E-state index contributed by atoms with van der Waals surface area (Å²) in [4.78, 5) is 24.3. The standard InChI is InChI=1S/C23H35BrO3/c1-22-11-4-3-5-15(22)6-7-16-17-8-9-19(20(25)14-27-21(26)13-24)23(17,2)12-10-18(16)22/h15-19H,3-14H2,1-2H3/t15?,16-,17-,18-,19+,22-,23-/m0/s1. The Morgan fingerprint density at radius 3 is 2.48 bits per heavy atom. The number of fused-ring (bicyclic) bond motifs is 5. The van der Waals surface area contributed by atoms with Gasteiger partial charge in [-0.3, -0.25) is 9.59 Å². The predicted molar refractivity (Wildman–Crippen MR) is 110 cm³/mol. The molecule has 152 valence electrons. The predicted octanol–water partition coefficient (Wildman–Crippen LogP) is 5.54. The van der Waals surface area contributed by atoms with Gasteiger partial charge >= 0.3 is 5.97 Å². The van der Waals surface area contributed by atoms with Crippen molar-refractivity contribution in [1.82, 2.24) is 0 Å². The third-order valence-corrected chi connectivity index (χ3v) is 9.91. The molecule has 0 aromatic heterocycles. The third-order valence-electron chi connectivity index (χ3n) is 9.46. The molecule has 0 radical (unpaired) electrons. The highest BCUT2D eigenvalue weighted by Crippen LogP contribution is 2.67. The van der Waals surface area contributed by atoms with Crippen LogP contribution in [-0.4, -0.2) is 23.7 Å². The minimum absolute atomic E-state index is 0.0364. The van der Waals surface area contributed by atoms with Crippen molar-refractivity contribution in [1.29, 1.82) is 0 Å². The number of ketones is 1. The van der Waals surface area contributed by atoms with Crippen LogP contribution in [0.25, 0.3) is 0 Å². The monoisotopic (exact) mass is 438 g/mol. The number of halogens is 1. The van der Waals surface area contributed by atoms with Gasteiger partial charge in [-0.1, -0.05) is 42.6 Å². The van der Waals surface area contributed by atoms with E-state index in [4.69, 9.17) is 4.74 Å². The van der Waals surface area contributed by atoms with Crippen molar-refractivity contribution in [2.75, 3.05) is 11.9 Å². The van der Waals surface area contributed by atoms with Gasteiger partial charge in [0.1, 0.15) is 11.9 Å². The van der Waals surface area contributed by atoms with Crippen molar-refractivity contribution in [3.63, 3.8) is 0 Å². The maximum absolute atomic E-state index is 12.9. The van der Waals surface area contributed by atoms with Crippen LogP contribution < -0.4 is 0 Å². The molecular weight excluding hydrogens is 404 g/mol. The Labute approximate surface area is 172 Å². The first kappa shape index (κ1) is 19.9. The van der Waals surface area contributed by atoms with Gasteiger partial charge in [0.05, 0.1) is 0 Å². The zero-order valence-corrected chi connectivity index (χ0v) is 18.6. The SMILES string of the molecule is C[C@]12CC[C@H]3[C@@H](CCC4CCCC[C@@]43C)[C@@H]1CC[C@@H]2C(=O)COC(=O)CBr. The molecule has 0 aromatic rings. The second-order valence-electron chi connectivity index (χ2n) is 10.3. The van der Waals surface area contributed by atoms with E-state index in [2.05, 4.69) is 29.8 Å². The van der Waals surface area contributed by atoms with Crippen molar-refractivity contribution in [2.45, 2.75) is 78.1 Å². The molecule has 0 N–H and O–H groups in total. The molecule has 0 aliphatic heterocycles. The topological polar surface area (TPSA) is 43.4 Å². The Morgan fingerprint density at radius 1 is 0.926 bits per heavy atom. The third kappa shape index (κ3) is 3.22. The van der Waals surface area contributed by atoms with Crippen molar-refractivity contribution < 1.29 is 14.3 Å². The molecule has 27 heavy (non-hydrogen) atoms. The van der Waals surface area contributed by atoms with Gasteiger partial charge in [-0.25, -0.2) is 0 Å². The van der Waals surface area contributed by atoms with E-state index in [1.165, 1.54) is 57.8 Å². The normalized spacial score (nSPS) is 46.1. The van der Waals surface area contributed by atoms with Crippen molar-refractivity contribution in [3.8, 4) is 0 Å². The number of Topliss-reactive ketones (excluding diaryl/α,β-unsaturated/α-hetero) is 1. The largest absolute Gasteiger partial charge is 0.457 e. The van der Waals surface area contributed by atoms with Crippen molar-refractivity contribution in [2.24, 2.45) is 40.4 Å². The van der Waals surface area contributed by atoms with Crippen molar-refractivity contribution >= 4 is 27.7 Å². The van der Waals surface area contributed by atoms with Crippen LogP contribution in [0.1, 0.15) is 78.1 Å². The summed E-state index contributed by atoms with van der Waals surface area (Å²) in [5, 5.41) is 0.161. The summed E-state index contributed by atoms with van der Waals surface area (Å²) in [7, 11) is 0. The zero-order valence-electron chi connectivity index (χ0n) is 17.0. The Bertz CT molecular complexity index is 604. The summed E-state index contributed by atoms with van der Waals surface area (Å²) in [5.74, 6) is 3.22. The first-order valence-electron chi connectivity index (χ1n) is 11.1. The highest BCUT2D eigenvalue weighted by molar-refractivity contribution is 9.09. The van der Waals surface area contributed by atoms with Gasteiger partial charge < -0.3 is 4.74 Å². The second-order valence-corrected chi connectivity index (χ2v) is 10.9. The maximum atomic E-state index is 12.9. The molecule has 0 saturated heterocycles. The van der Waals surface area contributed by atoms with E-state index in [0.717, 1.165) is 24.2 Å². The first-order chi connectivity index (χ1) is 12.9. The summed E-state index contributed by atoms with van der Waals surface area (Å²) < 4.78 is 5.15. The molecule has 0 bridgehead atoms. The molecule has 0 spiro atoms. The lowest BCUT2D eigenvalue weighted by molar-refractivity contribution is -0.150. The van der Waals surface area contributed by atoms with Gasteiger partial charge in [-0.2, -0.15) is 0 Å². The minimum atomic E-state index is -0.338. The number of alkyl halides is 1. The van der Waals surface area contributed by atoms with E-state index < -0.39 is 0 Å². The van der Waals surface area contributed by atoms with E-state index in [0.29, 0.717) is 11.3 Å². The van der Waals surface area contributed by atoms with Gasteiger partial charge in [0.25, 0.3) is 0 Å². The molecule has 4 saturated carbocycles. The molecule has 4 fully saturated rings. The van der Waals surface area contributed by atoms with Crippen LogP contribution in [-0.2, 0) is 14.3 Å². The fraction of sp³-hybridized carbons (Fsp3) is 0.913. The average Bonchev–Trinajstić information content (AvgIpc) is 3.02. The molecule has 1 unspecified atom stereocenters. The minimum Gasteiger partial charge on any atom is -0.457 e. The molecule has 4 heteroatoms. The van der Waals surface area contributed by atoms with E-state index in [9.17, 15) is 9.59 Å². The molecule has 0 aromatic carbocycles. The number of hydrogen-bond donors (Lipinski definition) is 0. The zero-order chi connectivity index (χ0) is 19.2. The Kier molecular flexibility index (Phi) is 5.50. The van der Waals surface area contributed by atoms with Crippen LogP contribution in [0.5, 0.6) is 0 Å².